The smallest absolute Gasteiger partial charge is 0.251 e. The van der Waals surface area contributed by atoms with E-state index in [1.165, 1.54) is 0 Å². The van der Waals surface area contributed by atoms with Crippen molar-refractivity contribution in [3.8, 4) is 0 Å². The summed E-state index contributed by atoms with van der Waals surface area (Å²) in [6.07, 6.45) is 0. The van der Waals surface area contributed by atoms with Crippen LogP contribution in [0.5, 0.6) is 0 Å². The summed E-state index contributed by atoms with van der Waals surface area (Å²) in [7, 11) is 3.95. The molecule has 0 aromatic heterocycles. The molecule has 3 rings (SSSR count). The minimum atomic E-state index is -0.0697. The van der Waals surface area contributed by atoms with Crippen molar-refractivity contribution in [1.82, 2.24) is 15.1 Å². The van der Waals surface area contributed by atoms with Gasteiger partial charge in [0.15, 0.2) is 0 Å². The maximum absolute atomic E-state index is 12.3. The standard InChI is InChI=1S/C21H25N3O2S/c1-23(2)13-12-22-20(26)17-8-10-18(11-9-17)21-24(19(25)15-27-21)14-16-6-4-3-5-7-16/h3-11,21H,12-15H2,1-2H3,(H,22,26). The Hall–Kier alpha value is -2.31. The zero-order valence-electron chi connectivity index (χ0n) is 15.7. The van der Waals surface area contributed by atoms with Crippen LogP contribution in [-0.4, -0.2) is 54.6 Å². The van der Waals surface area contributed by atoms with Gasteiger partial charge >= 0.3 is 0 Å². The molecule has 0 spiro atoms. The fourth-order valence-corrected chi connectivity index (χ4v) is 4.16. The first-order valence-electron chi connectivity index (χ1n) is 9.02. The van der Waals surface area contributed by atoms with E-state index in [9.17, 15) is 9.59 Å². The van der Waals surface area contributed by atoms with Gasteiger partial charge in [-0.2, -0.15) is 0 Å². The molecule has 5 nitrogen and oxygen atoms in total. The van der Waals surface area contributed by atoms with E-state index in [2.05, 4.69) is 5.32 Å². The molecule has 2 aromatic carbocycles. The number of likely N-dealkylation sites (N-methyl/N-ethyl adjacent to an activating group) is 1. The second-order valence-electron chi connectivity index (χ2n) is 6.85. The molecule has 1 unspecified atom stereocenters. The molecule has 0 aliphatic carbocycles. The molecule has 6 heteroatoms. The molecule has 0 saturated carbocycles. The Morgan fingerprint density at radius 3 is 2.52 bits per heavy atom. The highest BCUT2D eigenvalue weighted by Crippen LogP contribution is 2.39. The number of carbonyl (C=O) groups excluding carboxylic acids is 2. The molecule has 1 N–H and O–H groups in total. The van der Waals surface area contributed by atoms with Crippen molar-refractivity contribution in [1.29, 1.82) is 0 Å². The molecular weight excluding hydrogens is 358 g/mol. The lowest BCUT2D eigenvalue weighted by atomic mass is 10.1. The summed E-state index contributed by atoms with van der Waals surface area (Å²) in [5, 5.41) is 2.91. The average molecular weight is 384 g/mol. The van der Waals surface area contributed by atoms with Gasteiger partial charge in [0.05, 0.1) is 5.75 Å². The molecule has 1 aliphatic rings. The molecule has 2 amide bonds. The number of hydrogen-bond donors (Lipinski definition) is 1. The lowest BCUT2D eigenvalue weighted by molar-refractivity contribution is -0.128. The normalized spacial score (nSPS) is 16.8. The van der Waals surface area contributed by atoms with E-state index in [4.69, 9.17) is 0 Å². The molecule has 1 heterocycles. The van der Waals surface area contributed by atoms with E-state index in [0.717, 1.165) is 17.7 Å². The van der Waals surface area contributed by atoms with Crippen LogP contribution in [0.3, 0.4) is 0 Å². The molecule has 142 valence electrons. The third kappa shape index (κ3) is 5.11. The number of nitrogens with zero attached hydrogens (tertiary/aromatic N) is 2. The highest BCUT2D eigenvalue weighted by Gasteiger charge is 2.32. The summed E-state index contributed by atoms with van der Waals surface area (Å²) < 4.78 is 0. The fourth-order valence-electron chi connectivity index (χ4n) is 2.98. The Kier molecular flexibility index (Phi) is 6.53. The van der Waals surface area contributed by atoms with Crippen molar-refractivity contribution in [3.05, 3.63) is 71.3 Å². The van der Waals surface area contributed by atoms with Gasteiger partial charge in [0.2, 0.25) is 5.91 Å². The number of hydrogen-bond acceptors (Lipinski definition) is 4. The van der Waals surface area contributed by atoms with Crippen molar-refractivity contribution in [2.75, 3.05) is 32.9 Å². The number of amides is 2. The molecule has 1 fully saturated rings. The minimum Gasteiger partial charge on any atom is -0.351 e. The summed E-state index contributed by atoms with van der Waals surface area (Å²) in [6.45, 7) is 2.02. The maximum Gasteiger partial charge on any atom is 0.251 e. The Balaban J connectivity index is 1.66. The zero-order valence-corrected chi connectivity index (χ0v) is 16.5. The summed E-state index contributed by atoms with van der Waals surface area (Å²) in [5.41, 5.74) is 2.81. The van der Waals surface area contributed by atoms with Crippen LogP contribution in [0.4, 0.5) is 0 Å². The predicted molar refractivity (Wildman–Crippen MR) is 110 cm³/mol. The van der Waals surface area contributed by atoms with Gasteiger partial charge in [-0.15, -0.1) is 11.8 Å². The third-order valence-corrected chi connectivity index (χ3v) is 5.72. The quantitative estimate of drug-likeness (QED) is 0.799. The number of carbonyl (C=O) groups is 2. The lowest BCUT2D eigenvalue weighted by Gasteiger charge is -2.24. The fraction of sp³-hybridized carbons (Fsp3) is 0.333. The average Bonchev–Trinajstić information content (AvgIpc) is 3.03. The van der Waals surface area contributed by atoms with Gasteiger partial charge in [-0.05, 0) is 37.4 Å². The Bertz CT molecular complexity index is 778. The van der Waals surface area contributed by atoms with Crippen LogP contribution < -0.4 is 5.32 Å². The largest absolute Gasteiger partial charge is 0.351 e. The molecule has 2 aromatic rings. The van der Waals surface area contributed by atoms with Crippen LogP contribution in [0.15, 0.2) is 54.6 Å². The minimum absolute atomic E-state index is 0.0106. The van der Waals surface area contributed by atoms with E-state index < -0.39 is 0 Å². The zero-order chi connectivity index (χ0) is 19.2. The summed E-state index contributed by atoms with van der Waals surface area (Å²) in [5.74, 6) is 0.573. The predicted octanol–water partition coefficient (Wildman–Crippen LogP) is 2.75. The lowest BCUT2D eigenvalue weighted by Crippen LogP contribution is -2.31. The second-order valence-corrected chi connectivity index (χ2v) is 7.92. The number of nitrogens with one attached hydrogen (secondary N) is 1. The third-order valence-electron chi connectivity index (χ3n) is 4.47. The Morgan fingerprint density at radius 1 is 1.15 bits per heavy atom. The molecule has 1 atom stereocenters. The molecule has 27 heavy (non-hydrogen) atoms. The van der Waals surface area contributed by atoms with E-state index >= 15 is 0 Å². The first kappa shape index (κ1) is 19.5. The van der Waals surface area contributed by atoms with Crippen molar-refractivity contribution >= 4 is 23.6 Å². The molecule has 1 saturated heterocycles. The molecule has 1 aliphatic heterocycles. The van der Waals surface area contributed by atoms with E-state index in [1.54, 1.807) is 11.8 Å². The van der Waals surface area contributed by atoms with Gasteiger partial charge < -0.3 is 15.1 Å². The Labute approximate surface area is 164 Å². The van der Waals surface area contributed by atoms with Crippen LogP contribution in [-0.2, 0) is 11.3 Å². The SMILES string of the molecule is CN(C)CCNC(=O)c1ccc(C2SCC(=O)N2Cc2ccccc2)cc1. The topological polar surface area (TPSA) is 52.7 Å². The van der Waals surface area contributed by atoms with Crippen molar-refractivity contribution in [2.45, 2.75) is 11.9 Å². The van der Waals surface area contributed by atoms with Crippen molar-refractivity contribution in [2.24, 2.45) is 0 Å². The monoisotopic (exact) mass is 383 g/mol. The Morgan fingerprint density at radius 2 is 1.85 bits per heavy atom. The molecular formula is C21H25N3O2S. The van der Waals surface area contributed by atoms with Crippen LogP contribution in [0.2, 0.25) is 0 Å². The summed E-state index contributed by atoms with van der Waals surface area (Å²) in [6, 6.07) is 17.6. The van der Waals surface area contributed by atoms with Gasteiger partial charge in [0.1, 0.15) is 5.37 Å². The second kappa shape index (κ2) is 9.06. The van der Waals surface area contributed by atoms with Crippen molar-refractivity contribution in [3.63, 3.8) is 0 Å². The highest BCUT2D eigenvalue weighted by molar-refractivity contribution is 8.00. The highest BCUT2D eigenvalue weighted by atomic mass is 32.2. The van der Waals surface area contributed by atoms with Gasteiger partial charge in [-0.1, -0.05) is 42.5 Å². The molecule has 0 radical (unpaired) electrons. The summed E-state index contributed by atoms with van der Waals surface area (Å²) in [4.78, 5) is 28.5. The van der Waals surface area contributed by atoms with Crippen LogP contribution in [0, 0.1) is 0 Å². The van der Waals surface area contributed by atoms with Crippen LogP contribution in [0.1, 0.15) is 26.9 Å². The number of benzene rings is 2. The van der Waals surface area contributed by atoms with Crippen LogP contribution in [0.25, 0.3) is 0 Å². The number of thioether (sulfide) groups is 1. The van der Waals surface area contributed by atoms with Gasteiger partial charge in [-0.3, -0.25) is 9.59 Å². The first-order valence-corrected chi connectivity index (χ1v) is 10.1. The van der Waals surface area contributed by atoms with Gasteiger partial charge in [0, 0.05) is 25.2 Å². The summed E-state index contributed by atoms with van der Waals surface area (Å²) >= 11 is 1.63. The van der Waals surface area contributed by atoms with E-state index in [0.29, 0.717) is 24.4 Å². The maximum atomic E-state index is 12.3. The van der Waals surface area contributed by atoms with Crippen molar-refractivity contribution < 1.29 is 9.59 Å². The first-order chi connectivity index (χ1) is 13.0. The van der Waals surface area contributed by atoms with Gasteiger partial charge in [0.25, 0.3) is 5.91 Å². The number of rotatable bonds is 7. The van der Waals surface area contributed by atoms with E-state index in [1.807, 2.05) is 78.5 Å². The molecule has 0 bridgehead atoms. The van der Waals surface area contributed by atoms with Crippen LogP contribution >= 0.6 is 11.8 Å². The van der Waals surface area contributed by atoms with Gasteiger partial charge in [-0.25, -0.2) is 0 Å². The van der Waals surface area contributed by atoms with E-state index in [-0.39, 0.29) is 17.2 Å².